The molecule has 0 saturated heterocycles. The fourth-order valence-corrected chi connectivity index (χ4v) is 2.53. The second-order valence-corrected chi connectivity index (χ2v) is 5.57. The quantitative estimate of drug-likeness (QED) is 0.448. The summed E-state index contributed by atoms with van der Waals surface area (Å²) >= 11 is 0. The van der Waals surface area contributed by atoms with Gasteiger partial charge < -0.3 is 14.3 Å². The largest absolute Gasteiger partial charge is 0.496 e. The zero-order valence-corrected chi connectivity index (χ0v) is 14.0. The molecule has 8 heteroatoms. The number of esters is 1. The standard InChI is InChI=1S/C18H16N2O6/c1-24-17-5-3-2-4-15(17)16-10-14(26-19-16)11-25-18(21)12-6-8-13(9-7-12)20(22)23/h2-9,14H,10-11H2,1H3/t14-/m0/s1. The molecule has 2 aromatic carbocycles. The molecule has 0 amide bonds. The Morgan fingerprint density at radius 1 is 1.27 bits per heavy atom. The second kappa shape index (κ2) is 7.64. The smallest absolute Gasteiger partial charge is 0.338 e. The predicted molar refractivity (Wildman–Crippen MR) is 92.4 cm³/mol. The number of rotatable bonds is 6. The molecule has 1 aliphatic heterocycles. The Labute approximate surface area is 149 Å². The Morgan fingerprint density at radius 3 is 2.69 bits per heavy atom. The minimum atomic E-state index is -0.575. The summed E-state index contributed by atoms with van der Waals surface area (Å²) in [5.74, 6) is 0.118. The third kappa shape index (κ3) is 3.80. The van der Waals surface area contributed by atoms with Crippen LogP contribution in [0.5, 0.6) is 5.75 Å². The molecule has 0 fully saturated rings. The first-order chi connectivity index (χ1) is 12.6. The first kappa shape index (κ1) is 17.4. The van der Waals surface area contributed by atoms with Crippen LogP contribution in [0.15, 0.2) is 53.7 Å². The number of carbonyl (C=O) groups excluding carboxylic acids is 1. The van der Waals surface area contributed by atoms with Crippen LogP contribution >= 0.6 is 0 Å². The maximum absolute atomic E-state index is 12.0. The molecule has 0 aromatic heterocycles. The van der Waals surface area contributed by atoms with Crippen LogP contribution in [-0.4, -0.2) is 36.4 Å². The van der Waals surface area contributed by atoms with Crippen LogP contribution in [0.25, 0.3) is 0 Å². The van der Waals surface area contributed by atoms with E-state index in [4.69, 9.17) is 14.3 Å². The molecular formula is C18H16N2O6. The molecule has 1 heterocycles. The number of hydrogen-bond acceptors (Lipinski definition) is 7. The van der Waals surface area contributed by atoms with Crippen molar-refractivity contribution in [3.05, 3.63) is 69.8 Å². The molecule has 0 radical (unpaired) electrons. The first-order valence-electron chi connectivity index (χ1n) is 7.86. The monoisotopic (exact) mass is 356 g/mol. The first-order valence-corrected chi connectivity index (χ1v) is 7.86. The van der Waals surface area contributed by atoms with E-state index in [-0.39, 0.29) is 17.9 Å². The summed E-state index contributed by atoms with van der Waals surface area (Å²) in [6, 6.07) is 12.7. The average molecular weight is 356 g/mol. The van der Waals surface area contributed by atoms with E-state index in [0.717, 1.165) is 11.3 Å². The predicted octanol–water partition coefficient (Wildman–Crippen LogP) is 2.95. The van der Waals surface area contributed by atoms with Gasteiger partial charge in [-0.3, -0.25) is 10.1 Å². The van der Waals surface area contributed by atoms with E-state index in [0.29, 0.717) is 12.2 Å². The number of carbonyl (C=O) groups is 1. The van der Waals surface area contributed by atoms with E-state index < -0.39 is 17.0 Å². The number of nitrogens with zero attached hydrogens (tertiary/aromatic N) is 2. The summed E-state index contributed by atoms with van der Waals surface area (Å²) in [4.78, 5) is 27.4. The van der Waals surface area contributed by atoms with Crippen LogP contribution in [-0.2, 0) is 9.57 Å². The van der Waals surface area contributed by atoms with Gasteiger partial charge in [-0.2, -0.15) is 0 Å². The van der Waals surface area contributed by atoms with E-state index in [9.17, 15) is 14.9 Å². The van der Waals surface area contributed by atoms with Gasteiger partial charge in [0.1, 0.15) is 12.4 Å². The topological polar surface area (TPSA) is 100 Å². The van der Waals surface area contributed by atoms with Gasteiger partial charge in [0.2, 0.25) is 0 Å². The highest BCUT2D eigenvalue weighted by atomic mass is 16.7. The highest BCUT2D eigenvalue weighted by Crippen LogP contribution is 2.24. The highest BCUT2D eigenvalue weighted by molar-refractivity contribution is 6.03. The molecule has 0 unspecified atom stereocenters. The number of para-hydroxylation sites is 1. The Balaban J connectivity index is 1.55. The molecule has 0 aliphatic carbocycles. The zero-order valence-electron chi connectivity index (χ0n) is 14.0. The normalized spacial score (nSPS) is 15.7. The third-order valence-corrected chi connectivity index (χ3v) is 3.87. The van der Waals surface area contributed by atoms with Crippen molar-refractivity contribution >= 4 is 17.4 Å². The molecule has 134 valence electrons. The molecule has 1 atom stereocenters. The van der Waals surface area contributed by atoms with E-state index in [1.165, 1.54) is 24.3 Å². The Kier molecular flexibility index (Phi) is 5.12. The zero-order chi connectivity index (χ0) is 18.5. The number of hydrogen-bond donors (Lipinski definition) is 0. The van der Waals surface area contributed by atoms with Crippen molar-refractivity contribution in [1.29, 1.82) is 0 Å². The minimum absolute atomic E-state index is 0.0258. The van der Waals surface area contributed by atoms with Crippen LogP contribution in [0.4, 0.5) is 5.69 Å². The van der Waals surface area contributed by atoms with Crippen molar-refractivity contribution in [3.8, 4) is 5.75 Å². The van der Waals surface area contributed by atoms with Crippen LogP contribution in [0, 0.1) is 10.1 Å². The molecule has 8 nitrogen and oxygen atoms in total. The van der Waals surface area contributed by atoms with E-state index in [1.54, 1.807) is 7.11 Å². The molecule has 26 heavy (non-hydrogen) atoms. The average Bonchev–Trinajstić information content (AvgIpc) is 3.15. The van der Waals surface area contributed by atoms with E-state index >= 15 is 0 Å². The lowest BCUT2D eigenvalue weighted by Crippen LogP contribution is -2.19. The summed E-state index contributed by atoms with van der Waals surface area (Å²) in [6.07, 6.45) is 0.0883. The van der Waals surface area contributed by atoms with Crippen LogP contribution in [0.3, 0.4) is 0 Å². The highest BCUT2D eigenvalue weighted by Gasteiger charge is 2.25. The Morgan fingerprint density at radius 2 is 2.00 bits per heavy atom. The van der Waals surface area contributed by atoms with Crippen LogP contribution < -0.4 is 4.74 Å². The van der Waals surface area contributed by atoms with Gasteiger partial charge in [0, 0.05) is 24.1 Å². The second-order valence-electron chi connectivity index (χ2n) is 5.57. The van der Waals surface area contributed by atoms with Crippen LogP contribution in [0.2, 0.25) is 0 Å². The molecule has 0 spiro atoms. The molecule has 3 rings (SSSR count). The van der Waals surface area contributed by atoms with Crippen LogP contribution in [0.1, 0.15) is 22.3 Å². The van der Waals surface area contributed by atoms with Gasteiger partial charge in [0.15, 0.2) is 6.10 Å². The third-order valence-electron chi connectivity index (χ3n) is 3.87. The van der Waals surface area contributed by atoms with Crippen molar-refractivity contribution < 1.29 is 24.0 Å². The molecule has 0 saturated carbocycles. The minimum Gasteiger partial charge on any atom is -0.496 e. The summed E-state index contributed by atoms with van der Waals surface area (Å²) < 4.78 is 10.5. The van der Waals surface area contributed by atoms with Gasteiger partial charge >= 0.3 is 5.97 Å². The fourth-order valence-electron chi connectivity index (χ4n) is 2.53. The molecule has 0 bridgehead atoms. The summed E-state index contributed by atoms with van der Waals surface area (Å²) in [5, 5.41) is 14.7. The molecule has 1 aliphatic rings. The van der Waals surface area contributed by atoms with Crippen molar-refractivity contribution in [2.24, 2.45) is 5.16 Å². The fraction of sp³-hybridized carbons (Fsp3) is 0.222. The van der Waals surface area contributed by atoms with Crippen molar-refractivity contribution in [2.75, 3.05) is 13.7 Å². The number of ether oxygens (including phenoxy) is 2. The van der Waals surface area contributed by atoms with E-state index in [1.807, 2.05) is 24.3 Å². The maximum Gasteiger partial charge on any atom is 0.338 e. The molecule has 2 aromatic rings. The van der Waals surface area contributed by atoms with Gasteiger partial charge in [-0.05, 0) is 24.3 Å². The SMILES string of the molecule is COc1ccccc1C1=NO[C@H](COC(=O)c2ccc([N+](=O)[O-])cc2)C1. The number of methoxy groups -OCH3 is 1. The number of non-ortho nitro benzene ring substituents is 1. The summed E-state index contributed by atoms with van der Waals surface area (Å²) in [6.45, 7) is 0.0258. The lowest BCUT2D eigenvalue weighted by atomic mass is 10.0. The molecule has 0 N–H and O–H groups in total. The maximum atomic E-state index is 12.0. The van der Waals surface area contributed by atoms with Gasteiger partial charge in [-0.1, -0.05) is 17.3 Å². The van der Waals surface area contributed by atoms with Gasteiger partial charge in [-0.15, -0.1) is 0 Å². The lowest BCUT2D eigenvalue weighted by Gasteiger charge is -2.10. The van der Waals surface area contributed by atoms with Gasteiger partial charge in [0.25, 0.3) is 5.69 Å². The van der Waals surface area contributed by atoms with Crippen molar-refractivity contribution in [3.63, 3.8) is 0 Å². The Bertz CT molecular complexity index is 847. The number of nitro groups is 1. The van der Waals surface area contributed by atoms with Crippen molar-refractivity contribution in [1.82, 2.24) is 0 Å². The molecular weight excluding hydrogens is 340 g/mol. The number of benzene rings is 2. The summed E-state index contributed by atoms with van der Waals surface area (Å²) in [7, 11) is 1.58. The lowest BCUT2D eigenvalue weighted by molar-refractivity contribution is -0.384. The van der Waals surface area contributed by atoms with Crippen molar-refractivity contribution in [2.45, 2.75) is 12.5 Å². The number of nitro benzene ring substituents is 1. The van der Waals surface area contributed by atoms with E-state index in [2.05, 4.69) is 5.16 Å². The van der Waals surface area contributed by atoms with Gasteiger partial charge in [0.05, 0.1) is 23.3 Å². The number of oxime groups is 1. The summed E-state index contributed by atoms with van der Waals surface area (Å²) in [5.41, 5.74) is 1.70. The Hall–Kier alpha value is -3.42. The van der Waals surface area contributed by atoms with Gasteiger partial charge in [-0.25, -0.2) is 4.79 Å².